The number of rotatable bonds is 5. The molecule has 0 aliphatic carbocycles. The molecule has 0 spiro atoms. The number of ether oxygens (including phenoxy) is 1. The van der Waals surface area contributed by atoms with Crippen LogP contribution in [0.4, 0.5) is 14.9 Å². The van der Waals surface area contributed by atoms with Gasteiger partial charge < -0.3 is 19.8 Å². The van der Waals surface area contributed by atoms with Crippen molar-refractivity contribution in [3.63, 3.8) is 0 Å². The molecule has 0 saturated heterocycles. The second-order valence-corrected chi connectivity index (χ2v) is 4.84. The summed E-state index contributed by atoms with van der Waals surface area (Å²) in [5.74, 6) is 1.31. The maximum Gasteiger partial charge on any atom is 0.319 e. The van der Waals surface area contributed by atoms with E-state index in [1.165, 1.54) is 18.2 Å². The molecule has 0 fully saturated rings. The van der Waals surface area contributed by atoms with Gasteiger partial charge in [-0.1, -0.05) is 0 Å². The topological polar surface area (TPSA) is 63.5 Å². The first-order valence-corrected chi connectivity index (χ1v) is 7.05. The number of benzene rings is 1. The van der Waals surface area contributed by atoms with E-state index in [1.54, 1.807) is 6.92 Å². The van der Waals surface area contributed by atoms with Gasteiger partial charge in [0.2, 0.25) is 0 Å². The zero-order valence-corrected chi connectivity index (χ0v) is 12.8. The number of amides is 2. The van der Waals surface area contributed by atoms with Crippen molar-refractivity contribution in [1.29, 1.82) is 0 Å². The van der Waals surface area contributed by atoms with E-state index in [0.29, 0.717) is 23.8 Å². The fourth-order valence-corrected chi connectivity index (χ4v) is 1.99. The lowest BCUT2D eigenvalue weighted by atomic mass is 10.2. The lowest BCUT2D eigenvalue weighted by Gasteiger charge is -2.15. The zero-order valence-electron chi connectivity index (χ0n) is 12.8. The average Bonchev–Trinajstić information content (AvgIpc) is 2.89. The van der Waals surface area contributed by atoms with Crippen LogP contribution in [0, 0.1) is 12.7 Å². The molecule has 0 saturated carbocycles. The van der Waals surface area contributed by atoms with E-state index < -0.39 is 11.8 Å². The molecule has 1 aromatic heterocycles. The Balaban J connectivity index is 2.02. The number of carbonyl (C=O) groups excluding carboxylic acids is 1. The van der Waals surface area contributed by atoms with E-state index in [2.05, 4.69) is 10.6 Å². The maximum absolute atomic E-state index is 13.2. The van der Waals surface area contributed by atoms with Crippen LogP contribution in [-0.2, 0) is 0 Å². The van der Waals surface area contributed by atoms with Crippen molar-refractivity contribution in [2.24, 2.45) is 0 Å². The number of furan rings is 1. The highest BCUT2D eigenvalue weighted by molar-refractivity contribution is 5.91. The van der Waals surface area contributed by atoms with Gasteiger partial charge in [-0.3, -0.25) is 0 Å². The minimum atomic E-state index is -0.422. The first-order chi connectivity index (χ1) is 10.5. The summed E-state index contributed by atoms with van der Waals surface area (Å²) in [4.78, 5) is 12.0. The molecule has 22 heavy (non-hydrogen) atoms. The number of hydrogen-bond acceptors (Lipinski definition) is 3. The Bertz CT molecular complexity index is 655. The molecule has 2 N–H and O–H groups in total. The van der Waals surface area contributed by atoms with Crippen LogP contribution in [0.1, 0.15) is 31.4 Å². The molecule has 1 heterocycles. The quantitative estimate of drug-likeness (QED) is 0.877. The Morgan fingerprint density at radius 3 is 2.77 bits per heavy atom. The van der Waals surface area contributed by atoms with Crippen molar-refractivity contribution in [2.75, 3.05) is 11.9 Å². The first-order valence-electron chi connectivity index (χ1n) is 7.05. The van der Waals surface area contributed by atoms with Crippen LogP contribution in [0.2, 0.25) is 0 Å². The van der Waals surface area contributed by atoms with Gasteiger partial charge in [-0.15, -0.1) is 0 Å². The number of halogens is 1. The number of urea groups is 1. The van der Waals surface area contributed by atoms with Crippen LogP contribution in [0.15, 0.2) is 34.7 Å². The van der Waals surface area contributed by atoms with Gasteiger partial charge in [-0.2, -0.15) is 0 Å². The van der Waals surface area contributed by atoms with Gasteiger partial charge in [0.05, 0.1) is 18.3 Å². The Morgan fingerprint density at radius 1 is 1.36 bits per heavy atom. The van der Waals surface area contributed by atoms with Crippen molar-refractivity contribution in [3.8, 4) is 5.75 Å². The molecule has 6 heteroatoms. The number of carbonyl (C=O) groups is 1. The number of anilines is 1. The molecule has 5 nitrogen and oxygen atoms in total. The largest absolute Gasteiger partial charge is 0.492 e. The smallest absolute Gasteiger partial charge is 0.319 e. The molecule has 2 aromatic rings. The van der Waals surface area contributed by atoms with Crippen LogP contribution < -0.4 is 15.4 Å². The third kappa shape index (κ3) is 4.00. The van der Waals surface area contributed by atoms with Crippen molar-refractivity contribution < 1.29 is 18.3 Å². The zero-order chi connectivity index (χ0) is 16.1. The number of nitrogens with one attached hydrogen (secondary N) is 2. The molecule has 0 radical (unpaired) electrons. The maximum atomic E-state index is 13.2. The molecule has 118 valence electrons. The van der Waals surface area contributed by atoms with Gasteiger partial charge >= 0.3 is 6.03 Å². The molecule has 1 unspecified atom stereocenters. The Hall–Kier alpha value is -2.50. The summed E-state index contributed by atoms with van der Waals surface area (Å²) in [6.07, 6.45) is 0. The number of aryl methyl sites for hydroxylation is 1. The predicted molar refractivity (Wildman–Crippen MR) is 81.6 cm³/mol. The van der Waals surface area contributed by atoms with Crippen molar-refractivity contribution in [3.05, 3.63) is 47.7 Å². The Labute approximate surface area is 128 Å². The van der Waals surface area contributed by atoms with Crippen LogP contribution in [0.5, 0.6) is 5.75 Å². The minimum Gasteiger partial charge on any atom is -0.492 e. The highest BCUT2D eigenvalue weighted by atomic mass is 19.1. The standard InChI is InChI=1S/C16H19FN2O3/c1-4-21-15-9-12(17)6-7-13(15)19-16(20)18-11(3)14-8-5-10(2)22-14/h5-9,11H,4H2,1-3H3,(H2,18,19,20). The third-order valence-electron chi connectivity index (χ3n) is 3.03. The monoisotopic (exact) mass is 306 g/mol. The minimum absolute atomic E-state index is 0.287. The van der Waals surface area contributed by atoms with E-state index in [4.69, 9.17) is 9.15 Å². The summed E-state index contributed by atoms with van der Waals surface area (Å²) < 4.78 is 24.0. The second-order valence-electron chi connectivity index (χ2n) is 4.84. The summed E-state index contributed by atoms with van der Waals surface area (Å²) in [5.41, 5.74) is 0.406. The summed E-state index contributed by atoms with van der Waals surface area (Å²) >= 11 is 0. The Kier molecular flexibility index (Phi) is 5.04. The fraction of sp³-hybridized carbons (Fsp3) is 0.312. The molecule has 0 bridgehead atoms. The van der Waals surface area contributed by atoms with Gasteiger partial charge in [0.25, 0.3) is 0 Å². The fourth-order valence-electron chi connectivity index (χ4n) is 1.99. The van der Waals surface area contributed by atoms with Gasteiger partial charge in [-0.05, 0) is 45.0 Å². The molecule has 2 rings (SSSR count). The van der Waals surface area contributed by atoms with Crippen molar-refractivity contribution >= 4 is 11.7 Å². The molecule has 1 aromatic carbocycles. The van der Waals surface area contributed by atoms with Crippen LogP contribution >= 0.6 is 0 Å². The summed E-state index contributed by atoms with van der Waals surface area (Å²) in [6.45, 7) is 5.81. The van der Waals surface area contributed by atoms with Crippen molar-refractivity contribution in [2.45, 2.75) is 26.8 Å². The molecule has 1 atom stereocenters. The van der Waals surface area contributed by atoms with Gasteiger partial charge in [0.15, 0.2) is 0 Å². The SMILES string of the molecule is CCOc1cc(F)ccc1NC(=O)NC(C)c1ccc(C)o1. The van der Waals surface area contributed by atoms with E-state index in [0.717, 1.165) is 5.76 Å². The van der Waals surface area contributed by atoms with Gasteiger partial charge in [0, 0.05) is 6.07 Å². The number of hydrogen-bond donors (Lipinski definition) is 2. The van der Waals surface area contributed by atoms with Gasteiger partial charge in [0.1, 0.15) is 23.1 Å². The predicted octanol–water partition coefficient (Wildman–Crippen LogP) is 4.01. The molecule has 0 aliphatic rings. The molecule has 2 amide bonds. The normalized spacial score (nSPS) is 11.8. The van der Waals surface area contributed by atoms with Crippen LogP contribution in [0.25, 0.3) is 0 Å². The van der Waals surface area contributed by atoms with E-state index >= 15 is 0 Å². The summed E-state index contributed by atoms with van der Waals surface area (Å²) in [7, 11) is 0. The Morgan fingerprint density at radius 2 is 2.14 bits per heavy atom. The van der Waals surface area contributed by atoms with E-state index in [1.807, 2.05) is 26.0 Å². The average molecular weight is 306 g/mol. The molecular formula is C16H19FN2O3. The molecular weight excluding hydrogens is 287 g/mol. The lowest BCUT2D eigenvalue weighted by molar-refractivity contribution is 0.247. The summed E-state index contributed by atoms with van der Waals surface area (Å²) in [5, 5.41) is 5.40. The highest BCUT2D eigenvalue weighted by Crippen LogP contribution is 2.25. The van der Waals surface area contributed by atoms with E-state index in [-0.39, 0.29) is 6.04 Å². The van der Waals surface area contributed by atoms with Gasteiger partial charge in [-0.25, -0.2) is 9.18 Å². The lowest BCUT2D eigenvalue weighted by Crippen LogP contribution is -2.31. The highest BCUT2D eigenvalue weighted by Gasteiger charge is 2.14. The van der Waals surface area contributed by atoms with Crippen LogP contribution in [-0.4, -0.2) is 12.6 Å². The first kappa shape index (κ1) is 15.9. The van der Waals surface area contributed by atoms with E-state index in [9.17, 15) is 9.18 Å². The van der Waals surface area contributed by atoms with Crippen LogP contribution in [0.3, 0.4) is 0 Å². The second kappa shape index (κ2) is 6.98. The third-order valence-corrected chi connectivity index (χ3v) is 3.03. The van der Waals surface area contributed by atoms with Crippen molar-refractivity contribution in [1.82, 2.24) is 5.32 Å². The summed E-state index contributed by atoms with van der Waals surface area (Å²) in [6, 6.07) is 6.89. The molecule has 0 aliphatic heterocycles.